The van der Waals surface area contributed by atoms with Crippen LogP contribution in [0.1, 0.15) is 23.0 Å². The van der Waals surface area contributed by atoms with E-state index in [1.807, 2.05) is 0 Å². The lowest BCUT2D eigenvalue weighted by Gasteiger charge is -2.10. The highest BCUT2D eigenvalue weighted by Gasteiger charge is 2.28. The molecule has 0 aliphatic carbocycles. The van der Waals surface area contributed by atoms with E-state index in [2.05, 4.69) is 21.2 Å². The molecule has 0 saturated heterocycles. The number of anilines is 1. The summed E-state index contributed by atoms with van der Waals surface area (Å²) in [5, 5.41) is 3.38. The van der Waals surface area contributed by atoms with Gasteiger partial charge in [0.1, 0.15) is 5.69 Å². The van der Waals surface area contributed by atoms with Gasteiger partial charge in [0, 0.05) is 10.9 Å². The molecule has 1 N–H and O–H groups in total. The second-order valence-corrected chi connectivity index (χ2v) is 6.21. The van der Waals surface area contributed by atoms with Crippen LogP contribution in [0.5, 0.6) is 0 Å². The Kier molecular flexibility index (Phi) is 5.71. The van der Waals surface area contributed by atoms with Crippen LogP contribution < -0.4 is 5.32 Å². The van der Waals surface area contributed by atoms with Crippen molar-refractivity contribution in [3.05, 3.63) is 65.9 Å². The van der Waals surface area contributed by atoms with E-state index in [-0.39, 0.29) is 35.0 Å². The Morgan fingerprint density at radius 2 is 1.70 bits per heavy atom. The molecule has 0 spiro atoms. The van der Waals surface area contributed by atoms with E-state index < -0.39 is 6.09 Å². The van der Waals surface area contributed by atoms with Gasteiger partial charge in [0.25, 0.3) is 0 Å². The first-order valence-electron chi connectivity index (χ1n) is 8.34. The number of hydrogen-bond donors (Lipinski definition) is 1. The van der Waals surface area contributed by atoms with Gasteiger partial charge in [-0.15, -0.1) is 0 Å². The molecule has 0 saturated carbocycles. The normalized spacial score (nSPS) is 10.6. The predicted octanol–water partition coefficient (Wildman–Crippen LogP) is 4.21. The molecule has 2 aromatic carbocycles. The largest absolute Gasteiger partial charge is 0.449 e. The summed E-state index contributed by atoms with van der Waals surface area (Å²) in [4.78, 5) is 37.9. The number of fused-ring (bicyclic) bond motifs is 1. The van der Waals surface area contributed by atoms with Gasteiger partial charge in [0.05, 0.1) is 23.1 Å². The summed E-state index contributed by atoms with van der Waals surface area (Å²) in [6.07, 6.45) is -0.674. The third-order valence-electron chi connectivity index (χ3n) is 3.96. The fourth-order valence-electron chi connectivity index (χ4n) is 2.86. The van der Waals surface area contributed by atoms with Crippen LogP contribution in [-0.4, -0.2) is 34.3 Å². The number of aromatic nitrogens is 1. The van der Waals surface area contributed by atoms with Gasteiger partial charge in [0.2, 0.25) is 11.7 Å². The van der Waals surface area contributed by atoms with Crippen LogP contribution in [0.25, 0.3) is 10.9 Å². The Hall–Kier alpha value is -2.93. The highest BCUT2D eigenvalue weighted by atomic mass is 79.9. The van der Waals surface area contributed by atoms with E-state index in [0.717, 1.165) is 0 Å². The van der Waals surface area contributed by atoms with Crippen molar-refractivity contribution in [1.29, 1.82) is 0 Å². The van der Waals surface area contributed by atoms with Crippen molar-refractivity contribution in [3.8, 4) is 0 Å². The summed E-state index contributed by atoms with van der Waals surface area (Å²) in [6, 6.07) is 15.6. The topological polar surface area (TPSA) is 77.4 Å². The number of carbonyl (C=O) groups is 3. The summed E-state index contributed by atoms with van der Waals surface area (Å²) in [5.74, 6) is -0.714. The molecule has 3 rings (SSSR count). The van der Waals surface area contributed by atoms with Crippen molar-refractivity contribution in [2.45, 2.75) is 6.92 Å². The third-order valence-corrected chi connectivity index (χ3v) is 4.47. The zero-order valence-corrected chi connectivity index (χ0v) is 16.2. The Morgan fingerprint density at radius 1 is 1.04 bits per heavy atom. The third kappa shape index (κ3) is 3.64. The molecule has 27 heavy (non-hydrogen) atoms. The number of hydrogen-bond acceptors (Lipinski definition) is 4. The monoisotopic (exact) mass is 428 g/mol. The number of ketones is 1. The fourth-order valence-corrected chi connectivity index (χ4v) is 3.00. The molecule has 3 aromatic rings. The number of carbonyl (C=O) groups excluding carboxylic acids is 3. The number of ether oxygens (including phenoxy) is 1. The maximum Gasteiger partial charge on any atom is 0.419 e. The maximum atomic E-state index is 13.2. The molecule has 138 valence electrons. The minimum Gasteiger partial charge on any atom is -0.449 e. The lowest BCUT2D eigenvalue weighted by molar-refractivity contribution is -0.113. The van der Waals surface area contributed by atoms with Crippen LogP contribution in [0.15, 0.2) is 54.6 Å². The fraction of sp³-hybridized carbons (Fsp3) is 0.150. The zero-order chi connectivity index (χ0) is 19.4. The van der Waals surface area contributed by atoms with Crippen molar-refractivity contribution >= 4 is 50.3 Å². The predicted molar refractivity (Wildman–Crippen MR) is 107 cm³/mol. The summed E-state index contributed by atoms with van der Waals surface area (Å²) in [5.41, 5.74) is 1.24. The van der Waals surface area contributed by atoms with Crippen molar-refractivity contribution in [2.75, 3.05) is 17.3 Å². The molecular formula is C20H17BrN2O4. The second-order valence-electron chi connectivity index (χ2n) is 5.65. The van der Waals surface area contributed by atoms with Gasteiger partial charge in [-0.1, -0.05) is 64.5 Å². The number of alkyl halides is 1. The molecule has 7 heteroatoms. The van der Waals surface area contributed by atoms with Gasteiger partial charge in [-0.05, 0) is 13.0 Å². The highest BCUT2D eigenvalue weighted by molar-refractivity contribution is 9.09. The van der Waals surface area contributed by atoms with Gasteiger partial charge in [0.15, 0.2) is 0 Å². The molecule has 0 atom stereocenters. The summed E-state index contributed by atoms with van der Waals surface area (Å²) in [7, 11) is 0. The Labute approximate surface area is 164 Å². The standard InChI is InChI=1S/C20H17BrN2O4/c1-2-27-20(26)23-15-11-7-6-10-14(15)17(22-16(24)12-21)18(23)19(25)13-8-4-3-5-9-13/h3-11H,2,12H2,1H3,(H,22,24). The molecule has 0 unspecified atom stereocenters. The first-order chi connectivity index (χ1) is 13.1. The smallest absolute Gasteiger partial charge is 0.419 e. The van der Waals surface area contributed by atoms with Crippen molar-refractivity contribution in [3.63, 3.8) is 0 Å². The highest BCUT2D eigenvalue weighted by Crippen LogP contribution is 2.33. The van der Waals surface area contributed by atoms with Crippen LogP contribution in [0.2, 0.25) is 0 Å². The Balaban J connectivity index is 2.31. The average Bonchev–Trinajstić information content (AvgIpc) is 3.02. The van der Waals surface area contributed by atoms with Crippen LogP contribution >= 0.6 is 15.9 Å². The molecule has 1 heterocycles. The SMILES string of the molecule is CCOC(=O)n1c(C(=O)c2ccccc2)c(NC(=O)CBr)c2ccccc21. The first kappa shape index (κ1) is 18.8. The minimum absolute atomic E-state index is 0.0604. The van der Waals surface area contributed by atoms with Crippen molar-refractivity contribution in [2.24, 2.45) is 0 Å². The molecule has 0 aliphatic heterocycles. The van der Waals surface area contributed by atoms with Crippen LogP contribution in [0.3, 0.4) is 0 Å². The number of para-hydroxylation sites is 1. The first-order valence-corrected chi connectivity index (χ1v) is 9.46. The molecule has 0 aliphatic rings. The quantitative estimate of drug-likeness (QED) is 0.487. The van der Waals surface area contributed by atoms with Gasteiger partial charge in [-0.3, -0.25) is 9.59 Å². The number of nitrogens with zero attached hydrogens (tertiary/aromatic N) is 1. The molecule has 1 aromatic heterocycles. The summed E-state index contributed by atoms with van der Waals surface area (Å²) in [6.45, 7) is 1.85. The minimum atomic E-state index is -0.674. The summed E-state index contributed by atoms with van der Waals surface area (Å²) < 4.78 is 6.38. The van der Waals surface area contributed by atoms with E-state index in [0.29, 0.717) is 16.5 Å². The molecule has 0 radical (unpaired) electrons. The average molecular weight is 429 g/mol. The van der Waals surface area contributed by atoms with E-state index in [9.17, 15) is 14.4 Å². The van der Waals surface area contributed by atoms with E-state index in [4.69, 9.17) is 4.74 Å². The molecule has 1 amide bonds. The lowest BCUT2D eigenvalue weighted by Crippen LogP contribution is -2.22. The Bertz CT molecular complexity index is 1010. The lowest BCUT2D eigenvalue weighted by atomic mass is 10.1. The zero-order valence-electron chi connectivity index (χ0n) is 14.6. The van der Waals surface area contributed by atoms with Gasteiger partial charge in [-0.2, -0.15) is 0 Å². The molecule has 0 fully saturated rings. The van der Waals surface area contributed by atoms with Gasteiger partial charge < -0.3 is 10.1 Å². The van der Waals surface area contributed by atoms with Crippen LogP contribution in [0.4, 0.5) is 10.5 Å². The van der Waals surface area contributed by atoms with E-state index >= 15 is 0 Å². The van der Waals surface area contributed by atoms with Crippen LogP contribution in [0, 0.1) is 0 Å². The molecular weight excluding hydrogens is 412 g/mol. The summed E-state index contributed by atoms with van der Waals surface area (Å²) >= 11 is 3.11. The maximum absolute atomic E-state index is 13.2. The van der Waals surface area contributed by atoms with Crippen molar-refractivity contribution < 1.29 is 19.1 Å². The van der Waals surface area contributed by atoms with Crippen LogP contribution in [-0.2, 0) is 9.53 Å². The Morgan fingerprint density at radius 3 is 2.37 bits per heavy atom. The van der Waals surface area contributed by atoms with E-state index in [1.54, 1.807) is 61.5 Å². The molecule has 0 bridgehead atoms. The number of nitrogens with one attached hydrogen (secondary N) is 1. The van der Waals surface area contributed by atoms with Gasteiger partial charge >= 0.3 is 6.09 Å². The van der Waals surface area contributed by atoms with Crippen molar-refractivity contribution in [1.82, 2.24) is 4.57 Å². The number of benzene rings is 2. The number of halogens is 1. The van der Waals surface area contributed by atoms with Gasteiger partial charge in [-0.25, -0.2) is 9.36 Å². The van der Waals surface area contributed by atoms with E-state index in [1.165, 1.54) is 4.57 Å². The molecule has 6 nitrogen and oxygen atoms in total. The number of rotatable bonds is 5. The second kappa shape index (κ2) is 8.18. The number of amides is 1.